The molecule has 0 radical (unpaired) electrons. The Morgan fingerprint density at radius 2 is 2.00 bits per heavy atom. The van der Waals surface area contributed by atoms with Crippen LogP contribution in [0.15, 0.2) is 24.3 Å². The molecule has 10 heteroatoms. The van der Waals surface area contributed by atoms with Crippen LogP contribution >= 0.6 is 12.4 Å². The van der Waals surface area contributed by atoms with Crippen LogP contribution in [0.2, 0.25) is 0 Å². The van der Waals surface area contributed by atoms with Gasteiger partial charge in [0.15, 0.2) is 5.69 Å². The molecule has 0 saturated carbocycles. The van der Waals surface area contributed by atoms with Crippen molar-refractivity contribution in [3.63, 3.8) is 0 Å². The van der Waals surface area contributed by atoms with Gasteiger partial charge < -0.3 is 10.6 Å². The highest BCUT2D eigenvalue weighted by Gasteiger charge is 2.21. The molecule has 0 spiro atoms. The fraction of sp³-hybridized carbons (Fsp3) is 0.333. The van der Waals surface area contributed by atoms with E-state index in [2.05, 4.69) is 25.6 Å². The summed E-state index contributed by atoms with van der Waals surface area (Å²) in [6.07, 6.45) is 1.94. The number of hydrogen-bond acceptors (Lipinski definition) is 5. The van der Waals surface area contributed by atoms with E-state index in [4.69, 9.17) is 0 Å². The van der Waals surface area contributed by atoms with Gasteiger partial charge in [-0.15, -0.1) is 12.4 Å². The van der Waals surface area contributed by atoms with Gasteiger partial charge in [0, 0.05) is 43.0 Å². The Labute approximate surface area is 152 Å². The van der Waals surface area contributed by atoms with Crippen molar-refractivity contribution >= 4 is 34.0 Å². The Morgan fingerprint density at radius 3 is 2.68 bits per heavy atom. The summed E-state index contributed by atoms with van der Waals surface area (Å²) in [5.74, 6) is -0.266. The molecule has 1 aliphatic heterocycles. The molecule has 8 nitrogen and oxygen atoms in total. The highest BCUT2D eigenvalue weighted by molar-refractivity contribution is 7.88. The van der Waals surface area contributed by atoms with Crippen LogP contribution in [0, 0.1) is 0 Å². The monoisotopic (exact) mass is 385 g/mol. The fourth-order valence-corrected chi connectivity index (χ4v) is 2.95. The first-order valence-electron chi connectivity index (χ1n) is 7.54. The summed E-state index contributed by atoms with van der Waals surface area (Å²) in [6, 6.07) is 6.98. The molecular formula is C15H20ClN5O3S. The molecule has 2 aromatic rings. The minimum absolute atomic E-state index is 0. The molecule has 1 aliphatic rings. The van der Waals surface area contributed by atoms with E-state index >= 15 is 0 Å². The molecule has 1 aromatic carbocycles. The van der Waals surface area contributed by atoms with Crippen LogP contribution in [0.25, 0.3) is 0 Å². The second-order valence-electron chi connectivity index (χ2n) is 5.70. The van der Waals surface area contributed by atoms with Crippen LogP contribution < -0.4 is 15.4 Å². The number of fused-ring (bicyclic) bond motifs is 1. The maximum absolute atomic E-state index is 12.4. The minimum Gasteiger partial charge on any atom is -0.321 e. The van der Waals surface area contributed by atoms with Crippen molar-refractivity contribution in [2.75, 3.05) is 18.1 Å². The van der Waals surface area contributed by atoms with Crippen molar-refractivity contribution in [3.05, 3.63) is 46.8 Å². The van der Waals surface area contributed by atoms with Gasteiger partial charge in [0.25, 0.3) is 5.91 Å². The number of anilines is 1. The van der Waals surface area contributed by atoms with Crippen LogP contribution in [0.1, 0.15) is 27.3 Å². The van der Waals surface area contributed by atoms with Gasteiger partial charge in [-0.05, 0) is 17.7 Å². The smallest absolute Gasteiger partial charge is 0.276 e. The molecule has 3 rings (SSSR count). The normalized spacial score (nSPS) is 13.6. The third kappa shape index (κ3) is 5.02. The summed E-state index contributed by atoms with van der Waals surface area (Å²) in [7, 11) is -3.23. The average Bonchev–Trinajstić information content (AvgIpc) is 2.97. The molecule has 2 heterocycles. The van der Waals surface area contributed by atoms with Crippen LogP contribution in [0.4, 0.5) is 5.69 Å². The zero-order valence-corrected chi connectivity index (χ0v) is 15.3. The first kappa shape index (κ1) is 19.4. The molecular weight excluding hydrogens is 366 g/mol. The number of carbonyl (C=O) groups excluding carboxylic acids is 1. The van der Waals surface area contributed by atoms with Crippen molar-refractivity contribution < 1.29 is 13.2 Å². The van der Waals surface area contributed by atoms with Gasteiger partial charge in [-0.1, -0.05) is 12.1 Å². The number of H-pyrrole nitrogens is 1. The Bertz CT molecular complexity index is 849. The van der Waals surface area contributed by atoms with E-state index < -0.39 is 10.0 Å². The molecule has 1 aromatic heterocycles. The lowest BCUT2D eigenvalue weighted by Gasteiger charge is -2.13. The van der Waals surface area contributed by atoms with Crippen LogP contribution in [0.3, 0.4) is 0 Å². The van der Waals surface area contributed by atoms with E-state index in [0.29, 0.717) is 17.9 Å². The van der Waals surface area contributed by atoms with Gasteiger partial charge in [0.2, 0.25) is 10.0 Å². The van der Waals surface area contributed by atoms with Crippen LogP contribution in [-0.4, -0.2) is 37.3 Å². The van der Waals surface area contributed by atoms with Crippen molar-refractivity contribution in [1.82, 2.24) is 20.2 Å². The molecule has 25 heavy (non-hydrogen) atoms. The maximum Gasteiger partial charge on any atom is 0.276 e. The summed E-state index contributed by atoms with van der Waals surface area (Å²) in [5.41, 5.74) is 3.75. The van der Waals surface area contributed by atoms with E-state index in [0.717, 1.165) is 36.0 Å². The molecule has 0 fully saturated rings. The topological polar surface area (TPSA) is 116 Å². The van der Waals surface area contributed by atoms with E-state index in [-0.39, 0.29) is 24.9 Å². The SMILES string of the molecule is CS(=O)(=O)NCc1ccc(NC(=O)c2n[nH]c3c2CNCC3)cc1.Cl. The molecule has 0 saturated heterocycles. The number of sulfonamides is 1. The lowest BCUT2D eigenvalue weighted by molar-refractivity contribution is 0.102. The number of aromatic nitrogens is 2. The standard InChI is InChI=1S/C15H19N5O3S.ClH/c1-24(22,23)17-8-10-2-4-11(5-3-10)18-15(21)14-12-9-16-7-6-13(12)19-20-14;/h2-5,16-17H,6-9H2,1H3,(H,18,21)(H,19,20);1H. The number of benzene rings is 1. The van der Waals surface area contributed by atoms with E-state index in [9.17, 15) is 13.2 Å². The zero-order valence-electron chi connectivity index (χ0n) is 13.6. The largest absolute Gasteiger partial charge is 0.321 e. The molecule has 4 N–H and O–H groups in total. The lowest BCUT2D eigenvalue weighted by atomic mass is 10.1. The Morgan fingerprint density at radius 1 is 1.28 bits per heavy atom. The number of halogens is 1. The van der Waals surface area contributed by atoms with E-state index in [1.165, 1.54) is 0 Å². The summed E-state index contributed by atoms with van der Waals surface area (Å²) in [6.45, 7) is 1.72. The van der Waals surface area contributed by atoms with Crippen molar-refractivity contribution in [2.45, 2.75) is 19.5 Å². The quantitative estimate of drug-likeness (QED) is 0.607. The maximum atomic E-state index is 12.4. The molecule has 0 bridgehead atoms. The molecule has 0 atom stereocenters. The second-order valence-corrected chi connectivity index (χ2v) is 7.53. The van der Waals surface area contributed by atoms with Gasteiger partial charge in [0.05, 0.1) is 6.26 Å². The molecule has 0 aliphatic carbocycles. The zero-order chi connectivity index (χ0) is 17.2. The van der Waals surface area contributed by atoms with Gasteiger partial charge in [0.1, 0.15) is 0 Å². The Hall–Kier alpha value is -1.94. The second kappa shape index (κ2) is 7.96. The summed E-state index contributed by atoms with van der Waals surface area (Å²) in [4.78, 5) is 12.4. The molecule has 1 amide bonds. The van der Waals surface area contributed by atoms with Crippen LogP contribution in [0.5, 0.6) is 0 Å². The summed E-state index contributed by atoms with van der Waals surface area (Å²) < 4.78 is 24.6. The van der Waals surface area contributed by atoms with E-state index in [1.807, 2.05) is 0 Å². The number of hydrogen-bond donors (Lipinski definition) is 4. The highest BCUT2D eigenvalue weighted by atomic mass is 35.5. The van der Waals surface area contributed by atoms with Crippen LogP contribution in [-0.2, 0) is 29.5 Å². The Kier molecular flexibility index (Phi) is 6.17. The third-order valence-electron chi connectivity index (χ3n) is 3.77. The predicted molar refractivity (Wildman–Crippen MR) is 97.3 cm³/mol. The van der Waals surface area contributed by atoms with Crippen molar-refractivity contribution in [3.8, 4) is 0 Å². The lowest BCUT2D eigenvalue weighted by Crippen LogP contribution is -2.25. The highest BCUT2D eigenvalue weighted by Crippen LogP contribution is 2.17. The van der Waals surface area contributed by atoms with Gasteiger partial charge in [-0.3, -0.25) is 9.89 Å². The summed E-state index contributed by atoms with van der Waals surface area (Å²) >= 11 is 0. The number of nitrogens with one attached hydrogen (secondary N) is 4. The third-order valence-corrected chi connectivity index (χ3v) is 4.44. The van der Waals surface area contributed by atoms with Crippen molar-refractivity contribution in [1.29, 1.82) is 0 Å². The minimum atomic E-state index is -3.23. The number of nitrogens with zero attached hydrogens (tertiary/aromatic N) is 1. The number of amides is 1. The average molecular weight is 386 g/mol. The number of carbonyl (C=O) groups is 1. The number of rotatable bonds is 5. The van der Waals surface area contributed by atoms with Gasteiger partial charge in [-0.2, -0.15) is 5.10 Å². The fourth-order valence-electron chi connectivity index (χ4n) is 2.52. The molecule has 136 valence electrons. The molecule has 0 unspecified atom stereocenters. The first-order valence-corrected chi connectivity index (χ1v) is 9.43. The first-order chi connectivity index (χ1) is 11.4. The van der Waals surface area contributed by atoms with Crippen molar-refractivity contribution in [2.24, 2.45) is 0 Å². The van der Waals surface area contributed by atoms with Gasteiger partial charge in [-0.25, -0.2) is 13.1 Å². The predicted octanol–water partition coefficient (Wildman–Crippen LogP) is 0.779. The number of aromatic amines is 1. The van der Waals surface area contributed by atoms with E-state index in [1.54, 1.807) is 24.3 Å². The summed E-state index contributed by atoms with van der Waals surface area (Å²) in [5, 5.41) is 13.1. The van der Waals surface area contributed by atoms with Gasteiger partial charge >= 0.3 is 0 Å². The Balaban J connectivity index is 0.00000225.